The minimum absolute atomic E-state index is 0.331. The highest BCUT2D eigenvalue weighted by atomic mass is 16.1. The molecule has 0 saturated carbocycles. The first kappa shape index (κ1) is 13.7. The van der Waals surface area contributed by atoms with E-state index in [1.165, 1.54) is 45.3 Å². The van der Waals surface area contributed by atoms with Crippen LogP contribution in [0.2, 0.25) is 0 Å². The molecule has 0 aliphatic carbocycles. The number of nitrogens with zero attached hydrogens (tertiary/aromatic N) is 1. The summed E-state index contributed by atoms with van der Waals surface area (Å²) in [7, 11) is 0. The zero-order valence-corrected chi connectivity index (χ0v) is 11.2. The summed E-state index contributed by atoms with van der Waals surface area (Å²) in [6, 6.07) is 0. The first-order chi connectivity index (χ1) is 7.62. The van der Waals surface area contributed by atoms with Crippen molar-refractivity contribution in [3.8, 4) is 0 Å². The maximum absolute atomic E-state index is 10.8. The Hall–Kier alpha value is -0.370. The van der Waals surface area contributed by atoms with E-state index >= 15 is 0 Å². The van der Waals surface area contributed by atoms with Crippen LogP contribution in [0.5, 0.6) is 0 Å². The molecule has 16 heavy (non-hydrogen) atoms. The van der Waals surface area contributed by atoms with E-state index in [-0.39, 0.29) is 0 Å². The van der Waals surface area contributed by atoms with Gasteiger partial charge in [0.05, 0.1) is 0 Å². The van der Waals surface area contributed by atoms with Gasteiger partial charge in [-0.3, -0.25) is 0 Å². The van der Waals surface area contributed by atoms with Crippen molar-refractivity contribution in [1.82, 2.24) is 4.90 Å². The van der Waals surface area contributed by atoms with Crippen molar-refractivity contribution in [2.45, 2.75) is 59.3 Å². The highest BCUT2D eigenvalue weighted by molar-refractivity contribution is 5.75. The van der Waals surface area contributed by atoms with Gasteiger partial charge in [-0.1, -0.05) is 13.8 Å². The number of likely N-dealkylation sites (tertiary alicyclic amines) is 1. The SMILES string of the molecule is CCC1(CC)CCN(CCCCC(C)=O)C1. The van der Waals surface area contributed by atoms with Gasteiger partial charge >= 0.3 is 0 Å². The second-order valence-electron chi connectivity index (χ2n) is 5.39. The molecule has 0 N–H and O–H groups in total. The molecule has 0 spiro atoms. The smallest absolute Gasteiger partial charge is 0.129 e. The molecule has 0 bridgehead atoms. The molecular formula is C14H27NO. The molecule has 2 nitrogen and oxygen atoms in total. The van der Waals surface area contributed by atoms with E-state index in [4.69, 9.17) is 0 Å². The minimum atomic E-state index is 0.331. The van der Waals surface area contributed by atoms with Crippen LogP contribution in [-0.2, 0) is 4.79 Å². The molecule has 1 fully saturated rings. The van der Waals surface area contributed by atoms with Gasteiger partial charge in [-0.15, -0.1) is 0 Å². The molecule has 2 heteroatoms. The molecule has 0 aromatic heterocycles. The fourth-order valence-corrected chi connectivity index (χ4v) is 2.76. The first-order valence-corrected chi connectivity index (χ1v) is 6.83. The lowest BCUT2D eigenvalue weighted by Crippen LogP contribution is -2.27. The predicted octanol–water partition coefficient (Wildman–Crippen LogP) is 3.26. The van der Waals surface area contributed by atoms with Gasteiger partial charge in [0.25, 0.3) is 0 Å². The van der Waals surface area contributed by atoms with Gasteiger partial charge in [0.2, 0.25) is 0 Å². The van der Waals surface area contributed by atoms with E-state index in [1.54, 1.807) is 6.92 Å². The summed E-state index contributed by atoms with van der Waals surface area (Å²) in [5, 5.41) is 0. The largest absolute Gasteiger partial charge is 0.303 e. The molecule has 1 rings (SSSR count). The Labute approximate surface area is 100 Å². The van der Waals surface area contributed by atoms with Gasteiger partial charge in [-0.25, -0.2) is 0 Å². The van der Waals surface area contributed by atoms with Crippen LogP contribution in [0.4, 0.5) is 0 Å². The Morgan fingerprint density at radius 1 is 1.25 bits per heavy atom. The van der Waals surface area contributed by atoms with Gasteiger partial charge in [0.1, 0.15) is 5.78 Å². The highest BCUT2D eigenvalue weighted by Gasteiger charge is 2.34. The summed E-state index contributed by atoms with van der Waals surface area (Å²) in [4.78, 5) is 13.4. The molecule has 0 unspecified atom stereocenters. The van der Waals surface area contributed by atoms with E-state index in [1.807, 2.05) is 0 Å². The number of ketones is 1. The molecule has 1 aliphatic rings. The molecule has 1 aliphatic heterocycles. The van der Waals surface area contributed by atoms with E-state index in [0.29, 0.717) is 11.2 Å². The second kappa shape index (κ2) is 6.39. The van der Waals surface area contributed by atoms with Crippen molar-refractivity contribution in [2.24, 2.45) is 5.41 Å². The van der Waals surface area contributed by atoms with Gasteiger partial charge in [-0.05, 0) is 57.5 Å². The number of Topliss-reactive ketones (excluding diaryl/α,β-unsaturated/α-hetero) is 1. The van der Waals surface area contributed by atoms with Crippen LogP contribution < -0.4 is 0 Å². The maximum Gasteiger partial charge on any atom is 0.129 e. The fourth-order valence-electron chi connectivity index (χ4n) is 2.76. The number of carbonyl (C=O) groups is 1. The normalized spacial score (nSPS) is 20.2. The van der Waals surface area contributed by atoms with Gasteiger partial charge in [0.15, 0.2) is 0 Å². The fraction of sp³-hybridized carbons (Fsp3) is 0.929. The molecule has 0 atom stereocenters. The van der Waals surface area contributed by atoms with Gasteiger partial charge in [-0.2, -0.15) is 0 Å². The van der Waals surface area contributed by atoms with Crippen LogP contribution in [0.25, 0.3) is 0 Å². The van der Waals surface area contributed by atoms with Crippen molar-refractivity contribution < 1.29 is 4.79 Å². The molecule has 94 valence electrons. The number of carbonyl (C=O) groups excluding carboxylic acids is 1. The summed E-state index contributed by atoms with van der Waals surface area (Å²) in [5.41, 5.74) is 0.598. The number of hydrogen-bond acceptors (Lipinski definition) is 2. The van der Waals surface area contributed by atoms with Crippen molar-refractivity contribution >= 4 is 5.78 Å². The van der Waals surface area contributed by atoms with Crippen LogP contribution in [0, 0.1) is 5.41 Å². The van der Waals surface area contributed by atoms with Crippen molar-refractivity contribution in [3.63, 3.8) is 0 Å². The minimum Gasteiger partial charge on any atom is -0.303 e. The Balaban J connectivity index is 2.18. The number of hydrogen-bond donors (Lipinski definition) is 0. The summed E-state index contributed by atoms with van der Waals surface area (Å²) in [5.74, 6) is 0.331. The molecule has 0 aromatic carbocycles. The summed E-state index contributed by atoms with van der Waals surface area (Å²) in [6.07, 6.45) is 7.01. The Bertz CT molecular complexity index is 221. The average Bonchev–Trinajstić information content (AvgIpc) is 2.69. The molecule has 1 saturated heterocycles. The molecule has 0 amide bonds. The van der Waals surface area contributed by atoms with Gasteiger partial charge in [0, 0.05) is 13.0 Å². The zero-order valence-electron chi connectivity index (χ0n) is 11.2. The van der Waals surface area contributed by atoms with E-state index < -0.39 is 0 Å². The molecule has 0 aromatic rings. The lowest BCUT2D eigenvalue weighted by atomic mass is 9.82. The molecule has 1 heterocycles. The lowest BCUT2D eigenvalue weighted by molar-refractivity contribution is -0.117. The van der Waals surface area contributed by atoms with Crippen LogP contribution in [0.15, 0.2) is 0 Å². The summed E-state index contributed by atoms with van der Waals surface area (Å²) >= 11 is 0. The van der Waals surface area contributed by atoms with E-state index in [2.05, 4.69) is 18.7 Å². The van der Waals surface area contributed by atoms with Crippen LogP contribution in [0.1, 0.15) is 59.3 Å². The standard InChI is InChI=1S/C14H27NO/c1-4-14(5-2)9-11-15(12-14)10-7-6-8-13(3)16/h4-12H2,1-3H3. The zero-order chi connectivity index (χ0) is 12.0. The third-order valence-corrected chi connectivity index (χ3v) is 4.27. The Morgan fingerprint density at radius 3 is 2.44 bits per heavy atom. The third-order valence-electron chi connectivity index (χ3n) is 4.27. The molecule has 0 radical (unpaired) electrons. The highest BCUT2D eigenvalue weighted by Crippen LogP contribution is 2.36. The Morgan fingerprint density at radius 2 is 1.94 bits per heavy atom. The van der Waals surface area contributed by atoms with E-state index in [0.717, 1.165) is 12.8 Å². The predicted molar refractivity (Wildman–Crippen MR) is 68.6 cm³/mol. The lowest BCUT2D eigenvalue weighted by Gasteiger charge is -2.26. The quantitative estimate of drug-likeness (QED) is 0.620. The summed E-state index contributed by atoms with van der Waals surface area (Å²) in [6.45, 7) is 10.1. The van der Waals surface area contributed by atoms with Crippen molar-refractivity contribution in [2.75, 3.05) is 19.6 Å². The van der Waals surface area contributed by atoms with Crippen LogP contribution >= 0.6 is 0 Å². The number of rotatable bonds is 7. The topological polar surface area (TPSA) is 20.3 Å². The summed E-state index contributed by atoms with van der Waals surface area (Å²) < 4.78 is 0. The van der Waals surface area contributed by atoms with Gasteiger partial charge < -0.3 is 9.69 Å². The first-order valence-electron chi connectivity index (χ1n) is 6.83. The monoisotopic (exact) mass is 225 g/mol. The molecular weight excluding hydrogens is 198 g/mol. The van der Waals surface area contributed by atoms with Crippen LogP contribution in [-0.4, -0.2) is 30.3 Å². The third kappa shape index (κ3) is 3.89. The van der Waals surface area contributed by atoms with Crippen molar-refractivity contribution in [1.29, 1.82) is 0 Å². The van der Waals surface area contributed by atoms with Crippen LogP contribution in [0.3, 0.4) is 0 Å². The number of unbranched alkanes of at least 4 members (excludes halogenated alkanes) is 1. The van der Waals surface area contributed by atoms with E-state index in [9.17, 15) is 4.79 Å². The second-order valence-corrected chi connectivity index (χ2v) is 5.39. The van der Waals surface area contributed by atoms with Crippen molar-refractivity contribution in [3.05, 3.63) is 0 Å². The average molecular weight is 225 g/mol. The Kier molecular flexibility index (Phi) is 5.47. The maximum atomic E-state index is 10.8.